The molecule has 16 heavy (non-hydrogen) atoms. The molecule has 1 aliphatic rings. The second kappa shape index (κ2) is 5.46. The van der Waals surface area contributed by atoms with Crippen LogP contribution in [0.1, 0.15) is 18.1 Å². The first-order valence-corrected chi connectivity index (χ1v) is 6.25. The van der Waals surface area contributed by atoms with Gasteiger partial charge in [-0.25, -0.2) is 0 Å². The molecule has 0 aromatic heterocycles. The Morgan fingerprint density at radius 2 is 2.06 bits per heavy atom. The topological polar surface area (TPSA) is 15.3 Å². The number of benzene rings is 1. The van der Waals surface area contributed by atoms with E-state index in [0.29, 0.717) is 6.04 Å². The standard InChI is InChI=1S/C14H22N2/c1-12-3-5-14(6-4-12)7-9-16-10-8-15-13(2)11-16/h3-6,13,15H,7-11H2,1-2H3. The molecule has 2 rings (SSSR count). The van der Waals surface area contributed by atoms with Crippen LogP contribution in [0.15, 0.2) is 24.3 Å². The summed E-state index contributed by atoms with van der Waals surface area (Å²) in [4.78, 5) is 2.56. The first-order chi connectivity index (χ1) is 7.74. The van der Waals surface area contributed by atoms with Gasteiger partial charge in [-0.2, -0.15) is 0 Å². The van der Waals surface area contributed by atoms with Crippen LogP contribution in [0.2, 0.25) is 0 Å². The van der Waals surface area contributed by atoms with Crippen molar-refractivity contribution < 1.29 is 0 Å². The van der Waals surface area contributed by atoms with E-state index in [1.165, 1.54) is 37.2 Å². The Kier molecular flexibility index (Phi) is 3.97. The molecule has 1 heterocycles. The highest BCUT2D eigenvalue weighted by Crippen LogP contribution is 2.06. The molecule has 2 heteroatoms. The molecule has 0 radical (unpaired) electrons. The van der Waals surface area contributed by atoms with Crippen molar-refractivity contribution in [3.63, 3.8) is 0 Å². The van der Waals surface area contributed by atoms with Crippen molar-refractivity contribution in [3.8, 4) is 0 Å². The first kappa shape index (κ1) is 11.6. The highest BCUT2D eigenvalue weighted by Gasteiger charge is 2.14. The zero-order valence-corrected chi connectivity index (χ0v) is 10.4. The maximum absolute atomic E-state index is 3.48. The monoisotopic (exact) mass is 218 g/mol. The molecular weight excluding hydrogens is 196 g/mol. The van der Waals surface area contributed by atoms with Crippen molar-refractivity contribution in [3.05, 3.63) is 35.4 Å². The number of piperazine rings is 1. The van der Waals surface area contributed by atoms with Gasteiger partial charge in [-0.1, -0.05) is 29.8 Å². The number of hydrogen-bond acceptors (Lipinski definition) is 2. The zero-order chi connectivity index (χ0) is 11.4. The average molecular weight is 218 g/mol. The maximum Gasteiger partial charge on any atom is 0.0167 e. The van der Waals surface area contributed by atoms with Crippen LogP contribution in [0.5, 0.6) is 0 Å². The third kappa shape index (κ3) is 3.32. The van der Waals surface area contributed by atoms with E-state index in [4.69, 9.17) is 0 Å². The predicted octanol–water partition coefficient (Wildman–Crippen LogP) is 1.83. The fraction of sp³-hybridized carbons (Fsp3) is 0.571. The number of nitrogens with zero attached hydrogens (tertiary/aromatic N) is 1. The lowest BCUT2D eigenvalue weighted by Crippen LogP contribution is -2.49. The van der Waals surface area contributed by atoms with E-state index >= 15 is 0 Å². The van der Waals surface area contributed by atoms with Crippen LogP contribution in [0.4, 0.5) is 0 Å². The Hall–Kier alpha value is -0.860. The predicted molar refractivity (Wildman–Crippen MR) is 68.8 cm³/mol. The lowest BCUT2D eigenvalue weighted by atomic mass is 10.1. The largest absolute Gasteiger partial charge is 0.312 e. The Bertz CT molecular complexity index is 318. The highest BCUT2D eigenvalue weighted by molar-refractivity contribution is 5.21. The van der Waals surface area contributed by atoms with Gasteiger partial charge in [0, 0.05) is 32.2 Å². The molecule has 0 bridgehead atoms. The summed E-state index contributed by atoms with van der Waals surface area (Å²) in [7, 11) is 0. The van der Waals surface area contributed by atoms with Gasteiger partial charge in [-0.05, 0) is 25.8 Å². The molecule has 1 aliphatic heterocycles. The third-order valence-corrected chi connectivity index (χ3v) is 3.29. The minimum Gasteiger partial charge on any atom is -0.312 e. The second-order valence-electron chi connectivity index (χ2n) is 4.89. The van der Waals surface area contributed by atoms with Crippen LogP contribution < -0.4 is 5.32 Å². The van der Waals surface area contributed by atoms with E-state index in [1.807, 2.05) is 0 Å². The Balaban J connectivity index is 1.80. The molecule has 1 unspecified atom stereocenters. The van der Waals surface area contributed by atoms with Crippen molar-refractivity contribution in [2.45, 2.75) is 26.3 Å². The van der Waals surface area contributed by atoms with Crippen molar-refractivity contribution in [2.24, 2.45) is 0 Å². The van der Waals surface area contributed by atoms with Crippen molar-refractivity contribution in [1.29, 1.82) is 0 Å². The van der Waals surface area contributed by atoms with Gasteiger partial charge in [0.05, 0.1) is 0 Å². The van der Waals surface area contributed by atoms with Gasteiger partial charge < -0.3 is 10.2 Å². The number of hydrogen-bond donors (Lipinski definition) is 1. The second-order valence-corrected chi connectivity index (χ2v) is 4.89. The summed E-state index contributed by atoms with van der Waals surface area (Å²) < 4.78 is 0. The Morgan fingerprint density at radius 3 is 2.75 bits per heavy atom. The molecule has 1 N–H and O–H groups in total. The summed E-state index contributed by atoms with van der Waals surface area (Å²) in [6.07, 6.45) is 1.17. The molecular formula is C14H22N2. The lowest BCUT2D eigenvalue weighted by molar-refractivity contribution is 0.209. The van der Waals surface area contributed by atoms with Crippen LogP contribution >= 0.6 is 0 Å². The number of nitrogens with one attached hydrogen (secondary N) is 1. The van der Waals surface area contributed by atoms with Gasteiger partial charge in [-0.3, -0.25) is 0 Å². The zero-order valence-electron chi connectivity index (χ0n) is 10.4. The maximum atomic E-state index is 3.48. The normalized spacial score (nSPS) is 22.2. The van der Waals surface area contributed by atoms with Crippen molar-refractivity contribution in [1.82, 2.24) is 10.2 Å². The minimum atomic E-state index is 0.645. The molecule has 0 spiro atoms. The van der Waals surface area contributed by atoms with Gasteiger partial charge in [-0.15, -0.1) is 0 Å². The van der Waals surface area contributed by atoms with Crippen molar-refractivity contribution in [2.75, 3.05) is 26.2 Å². The fourth-order valence-corrected chi connectivity index (χ4v) is 2.26. The van der Waals surface area contributed by atoms with E-state index in [-0.39, 0.29) is 0 Å². The summed E-state index contributed by atoms with van der Waals surface area (Å²) in [6, 6.07) is 9.56. The van der Waals surface area contributed by atoms with Crippen LogP contribution in [0.3, 0.4) is 0 Å². The number of aryl methyl sites for hydroxylation is 1. The van der Waals surface area contributed by atoms with Gasteiger partial charge >= 0.3 is 0 Å². The van der Waals surface area contributed by atoms with E-state index in [1.54, 1.807) is 0 Å². The third-order valence-electron chi connectivity index (χ3n) is 3.29. The van der Waals surface area contributed by atoms with Gasteiger partial charge in [0.2, 0.25) is 0 Å². The average Bonchev–Trinajstić information content (AvgIpc) is 2.28. The minimum absolute atomic E-state index is 0.645. The van der Waals surface area contributed by atoms with Gasteiger partial charge in [0.15, 0.2) is 0 Å². The molecule has 1 aromatic carbocycles. The van der Waals surface area contributed by atoms with E-state index < -0.39 is 0 Å². The molecule has 1 aromatic rings. The summed E-state index contributed by atoms with van der Waals surface area (Å²) in [5, 5.41) is 3.48. The summed E-state index contributed by atoms with van der Waals surface area (Å²) >= 11 is 0. The molecule has 0 amide bonds. The van der Waals surface area contributed by atoms with E-state index in [9.17, 15) is 0 Å². The van der Waals surface area contributed by atoms with E-state index in [0.717, 1.165) is 6.54 Å². The molecule has 2 nitrogen and oxygen atoms in total. The summed E-state index contributed by atoms with van der Waals surface area (Å²) in [6.45, 7) is 9.10. The summed E-state index contributed by atoms with van der Waals surface area (Å²) in [5.74, 6) is 0. The van der Waals surface area contributed by atoms with Crippen molar-refractivity contribution >= 4 is 0 Å². The van der Waals surface area contributed by atoms with Crippen LogP contribution in [0.25, 0.3) is 0 Å². The Morgan fingerprint density at radius 1 is 1.31 bits per heavy atom. The lowest BCUT2D eigenvalue weighted by Gasteiger charge is -2.31. The quantitative estimate of drug-likeness (QED) is 0.832. The molecule has 0 saturated carbocycles. The summed E-state index contributed by atoms with van der Waals surface area (Å²) in [5.41, 5.74) is 2.80. The van der Waals surface area contributed by atoms with Crippen LogP contribution in [-0.4, -0.2) is 37.1 Å². The Labute approximate surface area is 98.7 Å². The highest BCUT2D eigenvalue weighted by atomic mass is 15.2. The molecule has 0 aliphatic carbocycles. The smallest absolute Gasteiger partial charge is 0.0167 e. The van der Waals surface area contributed by atoms with Crippen LogP contribution in [0, 0.1) is 6.92 Å². The SMILES string of the molecule is Cc1ccc(CCN2CCNC(C)C2)cc1. The van der Waals surface area contributed by atoms with Crippen LogP contribution in [-0.2, 0) is 6.42 Å². The van der Waals surface area contributed by atoms with Gasteiger partial charge in [0.1, 0.15) is 0 Å². The van der Waals surface area contributed by atoms with E-state index in [2.05, 4.69) is 48.3 Å². The molecule has 88 valence electrons. The molecule has 1 saturated heterocycles. The first-order valence-electron chi connectivity index (χ1n) is 6.25. The number of rotatable bonds is 3. The fourth-order valence-electron chi connectivity index (χ4n) is 2.26. The van der Waals surface area contributed by atoms with Gasteiger partial charge in [0.25, 0.3) is 0 Å². The molecule has 1 fully saturated rings. The molecule has 1 atom stereocenters.